The van der Waals surface area contributed by atoms with Gasteiger partial charge in [0, 0.05) is 18.7 Å². The van der Waals surface area contributed by atoms with Gasteiger partial charge in [-0.05, 0) is 19.8 Å². The molecule has 1 atom stereocenters. The van der Waals surface area contributed by atoms with Gasteiger partial charge in [0.1, 0.15) is 5.82 Å². The molecule has 0 amide bonds. The average molecular weight is 299 g/mol. The molecule has 0 fully saturated rings. The summed E-state index contributed by atoms with van der Waals surface area (Å²) in [5, 5.41) is 19.0. The molecule has 0 radical (unpaired) electrons. The summed E-state index contributed by atoms with van der Waals surface area (Å²) in [6.45, 7) is 3.04. The fourth-order valence-electron chi connectivity index (χ4n) is 2.21. The van der Waals surface area contributed by atoms with Crippen molar-refractivity contribution in [2.75, 3.05) is 12.4 Å². The normalized spacial score (nSPS) is 16.3. The Balaban J connectivity index is 1.85. The first-order chi connectivity index (χ1) is 9.70. The minimum atomic E-state index is -0.710. The Labute approximate surface area is 122 Å². The molecule has 1 unspecified atom stereocenters. The van der Waals surface area contributed by atoms with Crippen molar-refractivity contribution in [3.05, 3.63) is 5.82 Å². The Bertz CT molecular complexity index is 450. The number of aryl methyl sites for hydroxylation is 1. The Morgan fingerprint density at radius 2 is 2.30 bits per heavy atom. The van der Waals surface area contributed by atoms with Gasteiger partial charge in [-0.2, -0.15) is 0 Å². The van der Waals surface area contributed by atoms with Crippen LogP contribution in [0.2, 0.25) is 0 Å². The summed E-state index contributed by atoms with van der Waals surface area (Å²) in [7, 11) is 0. The van der Waals surface area contributed by atoms with Crippen LogP contribution in [0.5, 0.6) is 0 Å². The van der Waals surface area contributed by atoms with Crippen LogP contribution in [0.3, 0.4) is 0 Å². The largest absolute Gasteiger partial charge is 0.466 e. The molecule has 0 saturated carbocycles. The number of hydrogen-bond donors (Lipinski definition) is 1. The number of nitrogens with zero attached hydrogens (tertiary/aromatic N) is 3. The third-order valence-corrected chi connectivity index (χ3v) is 4.30. The lowest BCUT2D eigenvalue weighted by atomic mass is 10.2. The standard InChI is InChI=1S/C13H21N3O3S/c1-2-19-12(18)8-10(17)9-20-13-15-14-11-6-4-3-5-7-16(11)13/h10,17H,2-9H2,1H3. The summed E-state index contributed by atoms with van der Waals surface area (Å²) in [6.07, 6.45) is 3.82. The molecule has 7 heteroatoms. The topological polar surface area (TPSA) is 77.2 Å². The number of thioether (sulfide) groups is 1. The van der Waals surface area contributed by atoms with E-state index in [-0.39, 0.29) is 12.4 Å². The van der Waals surface area contributed by atoms with Crippen molar-refractivity contribution in [2.24, 2.45) is 0 Å². The molecule has 2 heterocycles. The van der Waals surface area contributed by atoms with Crippen molar-refractivity contribution in [2.45, 2.75) is 56.8 Å². The second-order valence-electron chi connectivity index (χ2n) is 4.84. The number of esters is 1. The molecule has 0 aromatic carbocycles. The van der Waals surface area contributed by atoms with Crippen LogP contribution < -0.4 is 0 Å². The summed E-state index contributed by atoms with van der Waals surface area (Å²) < 4.78 is 6.95. The third kappa shape index (κ3) is 4.21. The molecule has 1 N–H and O–H groups in total. The number of rotatable bonds is 6. The van der Waals surface area contributed by atoms with E-state index in [0.29, 0.717) is 12.4 Å². The van der Waals surface area contributed by atoms with Crippen LogP contribution in [0.25, 0.3) is 0 Å². The highest BCUT2D eigenvalue weighted by Gasteiger charge is 2.17. The van der Waals surface area contributed by atoms with Gasteiger partial charge in [0.05, 0.1) is 19.1 Å². The number of carbonyl (C=O) groups is 1. The van der Waals surface area contributed by atoms with Crippen LogP contribution in [-0.4, -0.2) is 44.3 Å². The lowest BCUT2D eigenvalue weighted by Gasteiger charge is -2.10. The van der Waals surface area contributed by atoms with Crippen molar-refractivity contribution in [3.63, 3.8) is 0 Å². The Morgan fingerprint density at radius 3 is 3.10 bits per heavy atom. The van der Waals surface area contributed by atoms with Crippen molar-refractivity contribution in [1.82, 2.24) is 14.8 Å². The Hall–Kier alpha value is -1.08. The van der Waals surface area contributed by atoms with E-state index in [1.807, 2.05) is 0 Å². The third-order valence-electron chi connectivity index (χ3n) is 3.19. The quantitative estimate of drug-likeness (QED) is 0.632. The van der Waals surface area contributed by atoms with Gasteiger partial charge in [-0.3, -0.25) is 4.79 Å². The van der Waals surface area contributed by atoms with Crippen LogP contribution in [-0.2, 0) is 22.5 Å². The number of fused-ring (bicyclic) bond motifs is 1. The summed E-state index contributed by atoms with van der Waals surface area (Å²) in [4.78, 5) is 11.3. The fourth-order valence-corrected chi connectivity index (χ4v) is 3.12. The van der Waals surface area contributed by atoms with Crippen molar-refractivity contribution >= 4 is 17.7 Å². The van der Waals surface area contributed by atoms with Gasteiger partial charge in [0.2, 0.25) is 0 Å². The molecule has 0 saturated heterocycles. The van der Waals surface area contributed by atoms with Gasteiger partial charge in [0.15, 0.2) is 5.16 Å². The molecule has 2 rings (SSSR count). The lowest BCUT2D eigenvalue weighted by Crippen LogP contribution is -2.18. The number of ether oxygens (including phenoxy) is 1. The van der Waals surface area contributed by atoms with Crippen LogP contribution in [0.15, 0.2) is 5.16 Å². The highest BCUT2D eigenvalue weighted by molar-refractivity contribution is 7.99. The first-order valence-corrected chi connectivity index (χ1v) is 8.07. The zero-order chi connectivity index (χ0) is 14.4. The molecular weight excluding hydrogens is 278 g/mol. The number of carbonyl (C=O) groups excluding carboxylic acids is 1. The lowest BCUT2D eigenvalue weighted by molar-refractivity contribution is -0.144. The predicted molar refractivity (Wildman–Crippen MR) is 75.6 cm³/mol. The molecule has 1 aliphatic heterocycles. The number of aromatic nitrogens is 3. The first-order valence-electron chi connectivity index (χ1n) is 7.09. The van der Waals surface area contributed by atoms with Gasteiger partial charge in [0.25, 0.3) is 0 Å². The van der Waals surface area contributed by atoms with E-state index < -0.39 is 6.10 Å². The average Bonchev–Trinajstić information content (AvgIpc) is 2.64. The maximum atomic E-state index is 11.3. The molecule has 1 aromatic rings. The monoisotopic (exact) mass is 299 g/mol. The predicted octanol–water partition coefficient (Wildman–Crippen LogP) is 1.41. The second kappa shape index (κ2) is 7.64. The molecule has 0 bridgehead atoms. The summed E-state index contributed by atoms with van der Waals surface area (Å²) >= 11 is 1.45. The van der Waals surface area contributed by atoms with Crippen molar-refractivity contribution < 1.29 is 14.6 Å². The maximum absolute atomic E-state index is 11.3. The highest BCUT2D eigenvalue weighted by Crippen LogP contribution is 2.22. The van der Waals surface area contributed by atoms with E-state index in [2.05, 4.69) is 14.8 Å². The van der Waals surface area contributed by atoms with E-state index in [4.69, 9.17) is 4.74 Å². The Morgan fingerprint density at radius 1 is 1.45 bits per heavy atom. The molecule has 1 aliphatic rings. The first kappa shape index (κ1) is 15.3. The van der Waals surface area contributed by atoms with E-state index in [1.54, 1.807) is 6.92 Å². The van der Waals surface area contributed by atoms with Crippen molar-refractivity contribution in [1.29, 1.82) is 0 Å². The van der Waals surface area contributed by atoms with Crippen LogP contribution in [0.4, 0.5) is 0 Å². The zero-order valence-corrected chi connectivity index (χ0v) is 12.6. The summed E-state index contributed by atoms with van der Waals surface area (Å²) in [5.41, 5.74) is 0. The smallest absolute Gasteiger partial charge is 0.308 e. The summed E-state index contributed by atoms with van der Waals surface area (Å²) in [5.74, 6) is 1.10. The van der Waals surface area contributed by atoms with Crippen molar-refractivity contribution in [3.8, 4) is 0 Å². The number of aliphatic hydroxyl groups excluding tert-OH is 1. The molecule has 20 heavy (non-hydrogen) atoms. The molecular formula is C13H21N3O3S. The maximum Gasteiger partial charge on any atom is 0.308 e. The Kier molecular flexibility index (Phi) is 5.85. The molecule has 1 aromatic heterocycles. The fraction of sp³-hybridized carbons (Fsp3) is 0.769. The van der Waals surface area contributed by atoms with Crippen LogP contribution in [0, 0.1) is 0 Å². The number of aliphatic hydroxyl groups is 1. The molecule has 6 nitrogen and oxygen atoms in total. The van der Waals surface area contributed by atoms with Gasteiger partial charge in [-0.15, -0.1) is 10.2 Å². The van der Waals surface area contributed by atoms with Crippen LogP contribution >= 0.6 is 11.8 Å². The van der Waals surface area contributed by atoms with Gasteiger partial charge in [-0.25, -0.2) is 0 Å². The van der Waals surface area contributed by atoms with Gasteiger partial charge >= 0.3 is 5.97 Å². The number of hydrogen-bond acceptors (Lipinski definition) is 6. The minimum absolute atomic E-state index is 0.0296. The van der Waals surface area contributed by atoms with E-state index in [1.165, 1.54) is 18.2 Å². The van der Waals surface area contributed by atoms with E-state index in [0.717, 1.165) is 36.8 Å². The SMILES string of the molecule is CCOC(=O)CC(O)CSc1nnc2n1CCCCC2. The van der Waals surface area contributed by atoms with E-state index >= 15 is 0 Å². The van der Waals surface area contributed by atoms with Gasteiger partial charge in [-0.1, -0.05) is 18.2 Å². The van der Waals surface area contributed by atoms with Gasteiger partial charge < -0.3 is 14.4 Å². The molecule has 0 spiro atoms. The van der Waals surface area contributed by atoms with E-state index in [9.17, 15) is 9.90 Å². The molecule has 112 valence electrons. The second-order valence-corrected chi connectivity index (χ2v) is 5.82. The highest BCUT2D eigenvalue weighted by atomic mass is 32.2. The van der Waals surface area contributed by atoms with Crippen LogP contribution in [0.1, 0.15) is 38.4 Å². The summed E-state index contributed by atoms with van der Waals surface area (Å²) in [6, 6.07) is 0. The minimum Gasteiger partial charge on any atom is -0.466 e. The molecule has 0 aliphatic carbocycles. The zero-order valence-electron chi connectivity index (χ0n) is 11.7.